The van der Waals surface area contributed by atoms with E-state index in [0.29, 0.717) is 0 Å². The highest BCUT2D eigenvalue weighted by Crippen LogP contribution is 2.35. The first kappa shape index (κ1) is 12.3. The van der Waals surface area contributed by atoms with Crippen molar-refractivity contribution >= 4 is 17.1 Å². The van der Waals surface area contributed by atoms with E-state index in [1.54, 1.807) is 0 Å². The summed E-state index contributed by atoms with van der Waals surface area (Å²) in [6, 6.07) is 3.14. The Labute approximate surface area is 96.8 Å². The van der Waals surface area contributed by atoms with E-state index in [0.717, 1.165) is 18.2 Å². The molecule has 4 nitrogen and oxygen atoms in total. The van der Waals surface area contributed by atoms with Crippen LogP contribution in [0.3, 0.4) is 0 Å². The van der Waals surface area contributed by atoms with Crippen molar-refractivity contribution in [2.45, 2.75) is 12.3 Å². The molecule has 0 radical (unpaired) electrons. The van der Waals surface area contributed by atoms with Crippen LogP contribution >= 0.6 is 0 Å². The molecular weight excluding hydrogens is 258 g/mol. The highest BCUT2D eigenvalue weighted by atomic mass is 19.3. The molecule has 0 saturated carbocycles. The Morgan fingerprint density at radius 1 is 1.39 bits per heavy atom. The summed E-state index contributed by atoms with van der Waals surface area (Å²) >= 11 is 0. The summed E-state index contributed by atoms with van der Waals surface area (Å²) in [4.78, 5) is 13.8. The van der Waals surface area contributed by atoms with Gasteiger partial charge in [-0.05, 0) is 18.2 Å². The van der Waals surface area contributed by atoms with Crippen molar-refractivity contribution in [3.63, 3.8) is 0 Å². The topological polar surface area (TPSA) is 63.3 Å². The van der Waals surface area contributed by atoms with Gasteiger partial charge < -0.3 is 9.52 Å². The predicted octanol–water partition coefficient (Wildman–Crippen LogP) is 2.88. The van der Waals surface area contributed by atoms with Gasteiger partial charge in [-0.1, -0.05) is 0 Å². The van der Waals surface area contributed by atoms with Gasteiger partial charge in [0.2, 0.25) is 0 Å². The van der Waals surface area contributed by atoms with Gasteiger partial charge in [0, 0.05) is 0 Å². The maximum absolute atomic E-state index is 13.0. The standard InChI is InChI=1S/C10H5F4NO3/c11-8(12)10(13,14)9-15-5-3-4(7(16)17)1-2-6(5)18-9/h1-3,8H,(H,16,17). The lowest BCUT2D eigenvalue weighted by atomic mass is 10.2. The van der Waals surface area contributed by atoms with Gasteiger partial charge in [-0.15, -0.1) is 0 Å². The third-order valence-electron chi connectivity index (χ3n) is 2.19. The Balaban J connectivity index is 2.54. The predicted molar refractivity (Wildman–Crippen MR) is 50.9 cm³/mol. The number of aromatic nitrogens is 1. The van der Waals surface area contributed by atoms with Gasteiger partial charge in [-0.25, -0.2) is 18.6 Å². The number of hydrogen-bond acceptors (Lipinski definition) is 3. The van der Waals surface area contributed by atoms with Gasteiger partial charge in [0.15, 0.2) is 5.58 Å². The van der Waals surface area contributed by atoms with Crippen LogP contribution in [-0.2, 0) is 5.92 Å². The molecule has 0 saturated heterocycles. The third kappa shape index (κ3) is 1.89. The van der Waals surface area contributed by atoms with E-state index in [1.807, 2.05) is 0 Å². The number of nitrogens with zero attached hydrogens (tertiary/aromatic N) is 1. The normalized spacial score (nSPS) is 12.3. The molecule has 1 aromatic heterocycles. The number of rotatable bonds is 3. The minimum atomic E-state index is -4.51. The summed E-state index contributed by atoms with van der Waals surface area (Å²) in [7, 11) is 0. The molecule has 2 rings (SSSR count). The lowest BCUT2D eigenvalue weighted by molar-refractivity contribution is -0.150. The zero-order valence-corrected chi connectivity index (χ0v) is 8.53. The van der Waals surface area contributed by atoms with Crippen molar-refractivity contribution in [1.82, 2.24) is 4.98 Å². The maximum Gasteiger partial charge on any atom is 0.381 e. The van der Waals surface area contributed by atoms with E-state index in [2.05, 4.69) is 9.40 Å². The second kappa shape index (κ2) is 3.97. The molecule has 2 aromatic rings. The Kier molecular flexibility index (Phi) is 2.72. The smallest absolute Gasteiger partial charge is 0.381 e. The fourth-order valence-electron chi connectivity index (χ4n) is 1.30. The molecule has 1 N–H and O–H groups in total. The fraction of sp³-hybridized carbons (Fsp3) is 0.200. The molecule has 1 aromatic carbocycles. The molecule has 0 bridgehead atoms. The number of halogens is 4. The molecule has 1 heterocycles. The Bertz CT molecular complexity index is 608. The molecule has 96 valence electrons. The molecule has 8 heteroatoms. The van der Waals surface area contributed by atoms with Crippen LogP contribution in [0.4, 0.5) is 17.6 Å². The minimum Gasteiger partial charge on any atom is -0.478 e. The van der Waals surface area contributed by atoms with Gasteiger partial charge >= 0.3 is 18.3 Å². The van der Waals surface area contributed by atoms with Gasteiger partial charge in [0.25, 0.3) is 5.89 Å². The molecule has 0 atom stereocenters. The van der Waals surface area contributed by atoms with Gasteiger partial charge in [-0.3, -0.25) is 0 Å². The molecule has 18 heavy (non-hydrogen) atoms. The van der Waals surface area contributed by atoms with E-state index in [4.69, 9.17) is 5.11 Å². The van der Waals surface area contributed by atoms with Crippen molar-refractivity contribution in [2.75, 3.05) is 0 Å². The van der Waals surface area contributed by atoms with Crippen molar-refractivity contribution in [2.24, 2.45) is 0 Å². The van der Waals surface area contributed by atoms with E-state index < -0.39 is 24.2 Å². The Morgan fingerprint density at radius 2 is 2.06 bits per heavy atom. The number of hydrogen-bond donors (Lipinski definition) is 1. The van der Waals surface area contributed by atoms with Gasteiger partial charge in [0.05, 0.1) is 5.56 Å². The van der Waals surface area contributed by atoms with Crippen molar-refractivity contribution in [3.05, 3.63) is 29.7 Å². The molecule has 0 aliphatic heterocycles. The maximum atomic E-state index is 13.0. The van der Waals surface area contributed by atoms with Crippen LogP contribution in [0.1, 0.15) is 16.2 Å². The van der Waals surface area contributed by atoms with E-state index in [-0.39, 0.29) is 16.7 Å². The first-order valence-electron chi connectivity index (χ1n) is 4.62. The number of carboxylic acids is 1. The van der Waals surface area contributed by atoms with Crippen molar-refractivity contribution < 1.29 is 31.9 Å². The van der Waals surface area contributed by atoms with Crippen LogP contribution in [-0.4, -0.2) is 22.5 Å². The first-order chi connectivity index (χ1) is 8.32. The summed E-state index contributed by atoms with van der Waals surface area (Å²) < 4.78 is 54.6. The average molecular weight is 263 g/mol. The second-order valence-electron chi connectivity index (χ2n) is 3.43. The average Bonchev–Trinajstić information content (AvgIpc) is 2.71. The van der Waals surface area contributed by atoms with Crippen molar-refractivity contribution in [3.8, 4) is 0 Å². The summed E-state index contributed by atoms with van der Waals surface area (Å²) in [5.41, 5.74) is -0.608. The van der Waals surface area contributed by atoms with Crippen LogP contribution in [0.5, 0.6) is 0 Å². The zero-order valence-electron chi connectivity index (χ0n) is 8.53. The minimum absolute atomic E-state index is 0.185. The number of aromatic carboxylic acids is 1. The van der Waals surface area contributed by atoms with Crippen LogP contribution in [0.15, 0.2) is 22.6 Å². The number of benzene rings is 1. The molecule has 0 spiro atoms. The number of fused-ring (bicyclic) bond motifs is 1. The summed E-state index contributed by atoms with van der Waals surface area (Å²) in [6.07, 6.45) is -3.95. The lowest BCUT2D eigenvalue weighted by Crippen LogP contribution is -2.23. The fourth-order valence-corrected chi connectivity index (χ4v) is 1.30. The molecule has 0 aliphatic rings. The molecule has 0 fully saturated rings. The molecule has 0 aliphatic carbocycles. The van der Waals surface area contributed by atoms with Crippen molar-refractivity contribution in [1.29, 1.82) is 0 Å². The first-order valence-corrected chi connectivity index (χ1v) is 4.62. The van der Waals surface area contributed by atoms with E-state index in [9.17, 15) is 22.4 Å². The number of carboxylic acid groups (broad SMARTS) is 1. The quantitative estimate of drug-likeness (QED) is 0.865. The molecule has 0 unspecified atom stereocenters. The van der Waals surface area contributed by atoms with Crippen LogP contribution in [0.2, 0.25) is 0 Å². The van der Waals surface area contributed by atoms with Crippen LogP contribution in [0, 0.1) is 0 Å². The van der Waals surface area contributed by atoms with E-state index >= 15 is 0 Å². The Morgan fingerprint density at radius 3 is 2.61 bits per heavy atom. The zero-order chi connectivity index (χ0) is 13.5. The third-order valence-corrected chi connectivity index (χ3v) is 2.19. The van der Waals surface area contributed by atoms with Crippen LogP contribution in [0.25, 0.3) is 11.1 Å². The second-order valence-corrected chi connectivity index (χ2v) is 3.43. The Hall–Kier alpha value is -2.12. The molecular formula is C10H5F4NO3. The summed E-state index contributed by atoms with van der Waals surface area (Å²) in [5, 5.41) is 8.67. The number of oxazole rings is 1. The lowest BCUT2D eigenvalue weighted by Gasteiger charge is -2.09. The van der Waals surface area contributed by atoms with Crippen LogP contribution < -0.4 is 0 Å². The van der Waals surface area contributed by atoms with Gasteiger partial charge in [0.1, 0.15) is 5.52 Å². The largest absolute Gasteiger partial charge is 0.478 e. The van der Waals surface area contributed by atoms with Gasteiger partial charge in [-0.2, -0.15) is 8.78 Å². The van der Waals surface area contributed by atoms with E-state index in [1.165, 1.54) is 0 Å². The SMILES string of the molecule is O=C(O)c1ccc2oc(C(F)(F)C(F)F)nc2c1. The monoisotopic (exact) mass is 263 g/mol. The molecule has 0 amide bonds. The summed E-state index contributed by atoms with van der Waals surface area (Å²) in [5.74, 6) is -7.24. The number of carbonyl (C=O) groups is 1. The summed E-state index contributed by atoms with van der Waals surface area (Å²) in [6.45, 7) is 0. The number of alkyl halides is 4. The highest BCUT2D eigenvalue weighted by Gasteiger charge is 2.47. The highest BCUT2D eigenvalue weighted by molar-refractivity contribution is 5.91.